The number of carbonyl (C=O) groups is 1. The maximum Gasteiger partial charge on any atom is 0.336 e. The van der Waals surface area contributed by atoms with E-state index >= 15 is 0 Å². The Morgan fingerprint density at radius 3 is 2.35 bits per heavy atom. The number of carboxylic acids is 1. The summed E-state index contributed by atoms with van der Waals surface area (Å²) in [4.78, 5) is 11.2. The molecular formula is C14H12O3. The molecule has 0 saturated carbocycles. The summed E-state index contributed by atoms with van der Waals surface area (Å²) in [5, 5.41) is 18.2. The van der Waals surface area contributed by atoms with Crippen molar-refractivity contribution in [3.8, 4) is 11.1 Å². The van der Waals surface area contributed by atoms with Crippen LogP contribution in [-0.2, 0) is 6.61 Å². The van der Waals surface area contributed by atoms with Crippen molar-refractivity contribution in [3.05, 3.63) is 59.7 Å². The molecular weight excluding hydrogens is 216 g/mol. The van der Waals surface area contributed by atoms with Gasteiger partial charge in [0.25, 0.3) is 0 Å². The molecule has 0 amide bonds. The Morgan fingerprint density at radius 1 is 1.06 bits per heavy atom. The molecule has 0 atom stereocenters. The SMILES string of the molecule is O=C(O)c1cc(CO)ccc1-c1ccccc1. The molecule has 0 spiro atoms. The van der Waals surface area contributed by atoms with Crippen LogP contribution in [0, 0.1) is 0 Å². The molecule has 0 radical (unpaired) electrons. The number of aliphatic hydroxyl groups is 1. The number of benzene rings is 2. The third-order valence-electron chi connectivity index (χ3n) is 2.58. The normalized spacial score (nSPS) is 10.2. The second-order valence-corrected chi connectivity index (χ2v) is 3.71. The van der Waals surface area contributed by atoms with Gasteiger partial charge >= 0.3 is 5.97 Å². The number of rotatable bonds is 3. The number of carboxylic acid groups (broad SMARTS) is 1. The van der Waals surface area contributed by atoms with Crippen LogP contribution in [0.2, 0.25) is 0 Å². The van der Waals surface area contributed by atoms with Crippen LogP contribution in [0.5, 0.6) is 0 Å². The van der Waals surface area contributed by atoms with Gasteiger partial charge in [-0.3, -0.25) is 0 Å². The molecule has 0 aliphatic carbocycles. The highest BCUT2D eigenvalue weighted by molar-refractivity contribution is 5.96. The zero-order chi connectivity index (χ0) is 12.3. The number of aliphatic hydroxyl groups excluding tert-OH is 1. The highest BCUT2D eigenvalue weighted by atomic mass is 16.4. The third-order valence-corrected chi connectivity index (χ3v) is 2.58. The van der Waals surface area contributed by atoms with E-state index in [9.17, 15) is 4.79 Å². The lowest BCUT2D eigenvalue weighted by Crippen LogP contribution is -2.01. The first kappa shape index (κ1) is 11.4. The van der Waals surface area contributed by atoms with Gasteiger partial charge in [-0.15, -0.1) is 0 Å². The molecule has 2 N–H and O–H groups in total. The van der Waals surface area contributed by atoms with Gasteiger partial charge in [-0.2, -0.15) is 0 Å². The fourth-order valence-corrected chi connectivity index (χ4v) is 1.74. The maximum atomic E-state index is 11.2. The minimum absolute atomic E-state index is 0.157. The van der Waals surface area contributed by atoms with Crippen LogP contribution in [0.25, 0.3) is 11.1 Å². The van der Waals surface area contributed by atoms with Crippen molar-refractivity contribution in [1.82, 2.24) is 0 Å². The average Bonchev–Trinajstić information content (AvgIpc) is 2.39. The minimum Gasteiger partial charge on any atom is -0.478 e. The molecule has 0 bridgehead atoms. The summed E-state index contributed by atoms with van der Waals surface area (Å²) in [5.41, 5.74) is 2.33. The van der Waals surface area contributed by atoms with Crippen molar-refractivity contribution in [2.45, 2.75) is 6.61 Å². The van der Waals surface area contributed by atoms with Gasteiger partial charge in [-0.25, -0.2) is 4.79 Å². The predicted octanol–water partition coefficient (Wildman–Crippen LogP) is 2.54. The molecule has 17 heavy (non-hydrogen) atoms. The van der Waals surface area contributed by atoms with Gasteiger partial charge in [0.2, 0.25) is 0 Å². The van der Waals surface area contributed by atoms with Gasteiger partial charge in [-0.05, 0) is 22.8 Å². The molecule has 3 heteroatoms. The van der Waals surface area contributed by atoms with E-state index in [1.807, 2.05) is 30.3 Å². The zero-order valence-electron chi connectivity index (χ0n) is 9.13. The Balaban J connectivity index is 2.58. The lowest BCUT2D eigenvalue weighted by atomic mass is 9.98. The van der Waals surface area contributed by atoms with Crippen LogP contribution < -0.4 is 0 Å². The molecule has 2 rings (SSSR count). The van der Waals surface area contributed by atoms with E-state index < -0.39 is 5.97 Å². The Kier molecular flexibility index (Phi) is 3.21. The summed E-state index contributed by atoms with van der Waals surface area (Å²) in [6, 6.07) is 14.3. The van der Waals surface area contributed by atoms with E-state index in [4.69, 9.17) is 10.2 Å². The third kappa shape index (κ3) is 2.34. The second-order valence-electron chi connectivity index (χ2n) is 3.71. The van der Waals surface area contributed by atoms with Crippen molar-refractivity contribution >= 4 is 5.97 Å². The van der Waals surface area contributed by atoms with E-state index in [0.29, 0.717) is 11.1 Å². The molecule has 0 aromatic heterocycles. The van der Waals surface area contributed by atoms with Crippen LogP contribution >= 0.6 is 0 Å². The average molecular weight is 228 g/mol. The minimum atomic E-state index is -0.987. The number of hydrogen-bond donors (Lipinski definition) is 2. The van der Waals surface area contributed by atoms with Crippen LogP contribution in [0.1, 0.15) is 15.9 Å². The van der Waals surface area contributed by atoms with Gasteiger partial charge in [0.05, 0.1) is 12.2 Å². The lowest BCUT2D eigenvalue weighted by molar-refractivity contribution is 0.0697. The van der Waals surface area contributed by atoms with Crippen LogP contribution in [0.15, 0.2) is 48.5 Å². The maximum absolute atomic E-state index is 11.2. The lowest BCUT2D eigenvalue weighted by Gasteiger charge is -2.07. The molecule has 0 heterocycles. The van der Waals surface area contributed by atoms with Crippen molar-refractivity contribution in [2.24, 2.45) is 0 Å². The standard InChI is InChI=1S/C14H12O3/c15-9-10-6-7-12(13(8-10)14(16)17)11-4-2-1-3-5-11/h1-8,15H,9H2,(H,16,17). The predicted molar refractivity (Wildman–Crippen MR) is 64.8 cm³/mol. The summed E-state index contributed by atoms with van der Waals surface area (Å²) in [6.07, 6.45) is 0. The van der Waals surface area contributed by atoms with Gasteiger partial charge in [0.1, 0.15) is 0 Å². The second kappa shape index (κ2) is 4.80. The highest BCUT2D eigenvalue weighted by Gasteiger charge is 2.11. The molecule has 2 aromatic carbocycles. The van der Waals surface area contributed by atoms with Gasteiger partial charge in [-0.1, -0.05) is 42.5 Å². The van der Waals surface area contributed by atoms with E-state index in [2.05, 4.69) is 0 Å². The smallest absolute Gasteiger partial charge is 0.336 e. The monoisotopic (exact) mass is 228 g/mol. The summed E-state index contributed by atoms with van der Waals surface area (Å²) >= 11 is 0. The van der Waals surface area contributed by atoms with Crippen molar-refractivity contribution in [1.29, 1.82) is 0 Å². The van der Waals surface area contributed by atoms with E-state index in [0.717, 1.165) is 5.56 Å². The summed E-state index contributed by atoms with van der Waals surface area (Å²) in [5.74, 6) is -0.987. The topological polar surface area (TPSA) is 57.5 Å². The van der Waals surface area contributed by atoms with Crippen LogP contribution in [0.3, 0.4) is 0 Å². The first-order valence-electron chi connectivity index (χ1n) is 5.25. The molecule has 0 aliphatic rings. The highest BCUT2D eigenvalue weighted by Crippen LogP contribution is 2.24. The molecule has 0 saturated heterocycles. The van der Waals surface area contributed by atoms with Gasteiger partial charge in [0.15, 0.2) is 0 Å². The molecule has 86 valence electrons. The van der Waals surface area contributed by atoms with Crippen molar-refractivity contribution in [3.63, 3.8) is 0 Å². The number of aromatic carboxylic acids is 1. The van der Waals surface area contributed by atoms with Gasteiger partial charge in [0, 0.05) is 0 Å². The fourth-order valence-electron chi connectivity index (χ4n) is 1.74. The Bertz CT molecular complexity index is 532. The molecule has 3 nitrogen and oxygen atoms in total. The molecule has 0 unspecified atom stereocenters. The van der Waals surface area contributed by atoms with Crippen molar-refractivity contribution < 1.29 is 15.0 Å². The van der Waals surface area contributed by atoms with Crippen molar-refractivity contribution in [2.75, 3.05) is 0 Å². The summed E-state index contributed by atoms with van der Waals surface area (Å²) < 4.78 is 0. The quantitative estimate of drug-likeness (QED) is 0.848. The summed E-state index contributed by atoms with van der Waals surface area (Å²) in [7, 11) is 0. The van der Waals surface area contributed by atoms with E-state index in [1.54, 1.807) is 12.1 Å². The molecule has 0 aliphatic heterocycles. The zero-order valence-corrected chi connectivity index (χ0v) is 9.13. The largest absolute Gasteiger partial charge is 0.478 e. The van der Waals surface area contributed by atoms with Crippen LogP contribution in [0.4, 0.5) is 0 Å². The fraction of sp³-hybridized carbons (Fsp3) is 0.0714. The Hall–Kier alpha value is -2.13. The van der Waals surface area contributed by atoms with Gasteiger partial charge < -0.3 is 10.2 Å². The Morgan fingerprint density at radius 2 is 1.76 bits per heavy atom. The van der Waals surface area contributed by atoms with E-state index in [-0.39, 0.29) is 12.2 Å². The number of hydrogen-bond acceptors (Lipinski definition) is 2. The first-order chi connectivity index (χ1) is 8.22. The molecule has 2 aromatic rings. The molecule has 0 fully saturated rings. The van der Waals surface area contributed by atoms with E-state index in [1.165, 1.54) is 6.07 Å². The first-order valence-corrected chi connectivity index (χ1v) is 5.25. The van der Waals surface area contributed by atoms with Crippen LogP contribution in [-0.4, -0.2) is 16.2 Å². The Labute approximate surface area is 99.0 Å². The summed E-state index contributed by atoms with van der Waals surface area (Å²) in [6.45, 7) is -0.157.